The molecule has 0 bridgehead atoms. The highest BCUT2D eigenvalue weighted by Crippen LogP contribution is 2.24. The molecule has 1 N–H and O–H groups in total. The van der Waals surface area contributed by atoms with Gasteiger partial charge in [-0.1, -0.05) is 12.1 Å². The van der Waals surface area contributed by atoms with E-state index < -0.39 is 0 Å². The van der Waals surface area contributed by atoms with Crippen LogP contribution in [0.4, 0.5) is 17.5 Å². The number of nitrogens with one attached hydrogen (secondary N) is 1. The van der Waals surface area contributed by atoms with Crippen LogP contribution in [0.5, 0.6) is 0 Å². The molecule has 3 aromatic rings. The zero-order valence-corrected chi connectivity index (χ0v) is 14.8. The van der Waals surface area contributed by atoms with Crippen LogP contribution >= 0.6 is 15.9 Å². The van der Waals surface area contributed by atoms with E-state index in [4.69, 9.17) is 0 Å². The average molecular weight is 385 g/mol. The summed E-state index contributed by atoms with van der Waals surface area (Å²) in [6.45, 7) is 0.796. The molecule has 0 aliphatic rings. The molecule has 0 amide bonds. The van der Waals surface area contributed by atoms with E-state index in [1.807, 2.05) is 48.3 Å². The van der Waals surface area contributed by atoms with Crippen molar-refractivity contribution < 1.29 is 0 Å². The van der Waals surface area contributed by atoms with E-state index in [1.165, 1.54) is 5.56 Å². The largest absolute Gasteiger partial charge is 0.342 e. The van der Waals surface area contributed by atoms with Crippen molar-refractivity contribution in [2.24, 2.45) is 0 Å². The lowest BCUT2D eigenvalue weighted by atomic mass is 10.2. The van der Waals surface area contributed by atoms with Crippen LogP contribution < -0.4 is 10.2 Å². The summed E-state index contributed by atoms with van der Waals surface area (Å²) in [5.41, 5.74) is 2.16. The zero-order chi connectivity index (χ0) is 16.8. The Morgan fingerprint density at radius 1 is 1.12 bits per heavy atom. The molecule has 2 aromatic heterocycles. The van der Waals surface area contributed by atoms with E-state index in [9.17, 15) is 0 Å². The second-order valence-electron chi connectivity index (χ2n) is 5.27. The third-order valence-corrected chi connectivity index (χ3v) is 4.20. The van der Waals surface area contributed by atoms with Crippen molar-refractivity contribution in [2.75, 3.05) is 23.8 Å². The predicted octanol–water partition coefficient (Wildman–Crippen LogP) is 3.45. The summed E-state index contributed by atoms with van der Waals surface area (Å²) in [4.78, 5) is 10.5. The monoisotopic (exact) mass is 384 g/mol. The van der Waals surface area contributed by atoms with Crippen LogP contribution in [-0.2, 0) is 6.42 Å². The number of rotatable bonds is 6. The molecule has 2 heterocycles. The Hall–Kier alpha value is -2.54. The minimum Gasteiger partial charge on any atom is -0.342 e. The number of nitrogens with zero attached hydrogens (tertiary/aromatic N) is 5. The summed E-state index contributed by atoms with van der Waals surface area (Å²) in [7, 11) is 1.96. The number of hydrogen-bond donors (Lipinski definition) is 1. The van der Waals surface area contributed by atoms with E-state index in [0.29, 0.717) is 11.8 Å². The molecule has 1 aromatic carbocycles. The van der Waals surface area contributed by atoms with E-state index in [2.05, 4.69) is 41.4 Å². The molecule has 0 radical (unpaired) electrons. The fourth-order valence-corrected chi connectivity index (χ4v) is 2.55. The second kappa shape index (κ2) is 7.83. The van der Waals surface area contributed by atoms with E-state index in [-0.39, 0.29) is 0 Å². The first-order valence-corrected chi connectivity index (χ1v) is 8.33. The molecular weight excluding hydrogens is 368 g/mol. The van der Waals surface area contributed by atoms with E-state index >= 15 is 0 Å². The fourth-order valence-electron chi connectivity index (χ4n) is 2.16. The summed E-state index contributed by atoms with van der Waals surface area (Å²) < 4.78 is 0.969. The smallest absolute Gasteiger partial charge is 0.247 e. The van der Waals surface area contributed by atoms with E-state index in [1.54, 1.807) is 18.6 Å². The molecule has 0 atom stereocenters. The van der Waals surface area contributed by atoms with Crippen LogP contribution in [0.25, 0.3) is 0 Å². The van der Waals surface area contributed by atoms with Crippen molar-refractivity contribution in [1.82, 2.24) is 20.2 Å². The molecule has 122 valence electrons. The molecule has 0 aliphatic carbocycles. The molecule has 0 spiro atoms. The normalized spacial score (nSPS) is 10.4. The molecule has 7 heteroatoms. The molecular formula is C17H17BrN6. The van der Waals surface area contributed by atoms with Crippen LogP contribution in [-0.4, -0.2) is 33.8 Å². The number of benzene rings is 1. The molecule has 0 fully saturated rings. The van der Waals surface area contributed by atoms with Crippen molar-refractivity contribution >= 4 is 33.4 Å². The van der Waals surface area contributed by atoms with Gasteiger partial charge in [0.1, 0.15) is 0 Å². The minimum atomic E-state index is 0.584. The number of hydrogen-bond acceptors (Lipinski definition) is 6. The Bertz CT molecular complexity index is 796. The summed E-state index contributed by atoms with van der Waals surface area (Å²) in [6.07, 6.45) is 6.11. The van der Waals surface area contributed by atoms with Gasteiger partial charge in [-0.25, -0.2) is 0 Å². The van der Waals surface area contributed by atoms with Gasteiger partial charge < -0.3 is 10.2 Å². The Morgan fingerprint density at radius 3 is 2.71 bits per heavy atom. The Morgan fingerprint density at radius 2 is 1.92 bits per heavy atom. The quantitative estimate of drug-likeness (QED) is 0.701. The molecule has 3 rings (SSSR count). The maximum atomic E-state index is 4.53. The van der Waals surface area contributed by atoms with Crippen molar-refractivity contribution in [3.8, 4) is 0 Å². The molecule has 6 nitrogen and oxygen atoms in total. The van der Waals surface area contributed by atoms with Gasteiger partial charge in [-0.05, 0) is 52.2 Å². The van der Waals surface area contributed by atoms with Crippen molar-refractivity contribution in [1.29, 1.82) is 0 Å². The number of anilines is 3. The Balaban J connectivity index is 1.67. The molecule has 24 heavy (non-hydrogen) atoms. The minimum absolute atomic E-state index is 0.584. The van der Waals surface area contributed by atoms with Crippen LogP contribution in [0.3, 0.4) is 0 Å². The lowest BCUT2D eigenvalue weighted by Gasteiger charge is -2.17. The van der Waals surface area contributed by atoms with Gasteiger partial charge >= 0.3 is 0 Å². The average Bonchev–Trinajstić information content (AvgIpc) is 2.63. The number of likely N-dealkylation sites (N-methyl/N-ethyl adjacent to an activating group) is 1. The van der Waals surface area contributed by atoms with Crippen molar-refractivity contribution in [2.45, 2.75) is 6.42 Å². The third kappa shape index (κ3) is 4.26. The van der Waals surface area contributed by atoms with Crippen LogP contribution in [0.2, 0.25) is 0 Å². The Kier molecular flexibility index (Phi) is 5.32. The first kappa shape index (κ1) is 16.3. The molecule has 0 saturated heterocycles. The van der Waals surface area contributed by atoms with Gasteiger partial charge in [0.05, 0.1) is 11.9 Å². The highest BCUT2D eigenvalue weighted by atomic mass is 79.9. The number of halogens is 1. The Labute approximate surface area is 149 Å². The first-order valence-electron chi connectivity index (χ1n) is 7.54. The summed E-state index contributed by atoms with van der Waals surface area (Å²) in [5, 5.41) is 11.4. The van der Waals surface area contributed by atoms with Crippen LogP contribution in [0, 0.1) is 0 Å². The summed E-state index contributed by atoms with van der Waals surface area (Å²) in [6, 6.07) is 11.9. The third-order valence-electron chi connectivity index (χ3n) is 3.51. The zero-order valence-electron chi connectivity index (χ0n) is 13.2. The van der Waals surface area contributed by atoms with Gasteiger partial charge in [-0.3, -0.25) is 4.98 Å². The van der Waals surface area contributed by atoms with Crippen molar-refractivity contribution in [3.63, 3.8) is 0 Å². The molecule has 0 aliphatic heterocycles. The maximum absolute atomic E-state index is 4.53. The van der Waals surface area contributed by atoms with E-state index in [0.717, 1.165) is 23.1 Å². The van der Waals surface area contributed by atoms with Crippen LogP contribution in [0.15, 0.2) is 59.5 Å². The number of pyridine rings is 1. The lowest BCUT2D eigenvalue weighted by molar-refractivity contribution is 0.812. The van der Waals surface area contributed by atoms with Crippen LogP contribution in [0.1, 0.15) is 5.56 Å². The lowest BCUT2D eigenvalue weighted by Crippen LogP contribution is -2.23. The highest BCUT2D eigenvalue weighted by molar-refractivity contribution is 9.10. The maximum Gasteiger partial charge on any atom is 0.247 e. The topological polar surface area (TPSA) is 66.8 Å². The predicted molar refractivity (Wildman–Crippen MR) is 98.5 cm³/mol. The van der Waals surface area contributed by atoms with Gasteiger partial charge in [-0.2, -0.15) is 10.1 Å². The van der Waals surface area contributed by atoms with Crippen molar-refractivity contribution in [3.05, 3.63) is 65.0 Å². The van der Waals surface area contributed by atoms with Gasteiger partial charge in [0.2, 0.25) is 5.95 Å². The fraction of sp³-hybridized carbons (Fsp3) is 0.176. The first-order chi connectivity index (χ1) is 11.7. The van der Waals surface area contributed by atoms with Gasteiger partial charge in [-0.15, -0.1) is 5.10 Å². The van der Waals surface area contributed by atoms with Gasteiger partial charge in [0.15, 0.2) is 5.82 Å². The number of para-hydroxylation sites is 1. The number of aromatic nitrogens is 4. The van der Waals surface area contributed by atoms with Gasteiger partial charge in [0, 0.05) is 30.5 Å². The SMILES string of the molecule is CN(CCc1ccncc1)c1nncc(Nc2ccccc2Br)n1. The molecule has 0 unspecified atom stereocenters. The summed E-state index contributed by atoms with van der Waals surface area (Å²) >= 11 is 3.51. The standard InChI is InChI=1S/C17H17BrN6/c1-24(11-8-13-6-9-19-10-7-13)17-22-16(12-20-23-17)21-15-5-3-2-4-14(15)18/h2-7,9-10,12H,8,11H2,1H3,(H,21,22,23). The highest BCUT2D eigenvalue weighted by Gasteiger charge is 2.08. The summed E-state index contributed by atoms with van der Waals surface area (Å²) in [5.74, 6) is 1.24. The van der Waals surface area contributed by atoms with Gasteiger partial charge in [0.25, 0.3) is 0 Å². The second-order valence-corrected chi connectivity index (χ2v) is 6.13. The molecule has 0 saturated carbocycles.